The van der Waals surface area contributed by atoms with Gasteiger partial charge in [-0.1, -0.05) is 0 Å². The summed E-state index contributed by atoms with van der Waals surface area (Å²) in [6, 6.07) is 0. The van der Waals surface area contributed by atoms with Crippen LogP contribution in [0, 0.1) is 17.2 Å². The second-order valence-corrected chi connectivity index (χ2v) is 6.74. The quantitative estimate of drug-likeness (QED) is 0.596. The molecule has 0 spiro atoms. The Kier molecular flexibility index (Phi) is 5.49. The van der Waals surface area contributed by atoms with Crippen LogP contribution in [0.2, 0.25) is 0 Å². The number of hydrogen-bond acceptors (Lipinski definition) is 4. The van der Waals surface area contributed by atoms with Crippen molar-refractivity contribution in [3.05, 3.63) is 11.3 Å². The van der Waals surface area contributed by atoms with E-state index in [0.29, 0.717) is 48.9 Å². The summed E-state index contributed by atoms with van der Waals surface area (Å²) in [6.07, 6.45) is 7.24. The lowest BCUT2D eigenvalue weighted by atomic mass is 9.77. The van der Waals surface area contributed by atoms with Crippen LogP contribution in [0.5, 0.6) is 0 Å². The summed E-state index contributed by atoms with van der Waals surface area (Å²) in [4.78, 5) is 12.2. The van der Waals surface area contributed by atoms with Crippen LogP contribution in [-0.2, 0) is 4.79 Å². The Bertz CT molecular complexity index is 372. The van der Waals surface area contributed by atoms with E-state index in [1.54, 1.807) is 0 Å². The second-order valence-electron chi connectivity index (χ2n) is 5.59. The van der Waals surface area contributed by atoms with Crippen LogP contribution < -0.4 is 0 Å². The minimum atomic E-state index is 0.148. The fraction of sp³-hybridized carbons (Fsp3) is 0.733. The van der Waals surface area contributed by atoms with Gasteiger partial charge in [-0.2, -0.15) is 11.8 Å². The molecule has 2 atom stereocenters. The van der Waals surface area contributed by atoms with E-state index in [4.69, 9.17) is 5.41 Å². The highest BCUT2D eigenvalue weighted by molar-refractivity contribution is 7.99. The molecule has 2 rings (SSSR count). The lowest BCUT2D eigenvalue weighted by Crippen LogP contribution is -2.28. The zero-order valence-electron chi connectivity index (χ0n) is 11.4. The molecule has 4 heteroatoms. The average Bonchev–Trinajstić information content (AvgIpc) is 2.43. The van der Waals surface area contributed by atoms with Crippen LogP contribution >= 0.6 is 11.8 Å². The third-order valence-electron chi connectivity index (χ3n) is 4.23. The predicted octanol–water partition coefficient (Wildman–Crippen LogP) is 3.74. The van der Waals surface area contributed by atoms with Crippen molar-refractivity contribution in [3.8, 4) is 0 Å². The minimum absolute atomic E-state index is 0.148. The number of carbonyl (C=O) groups is 1. The number of allylic oxidation sites excluding steroid dienone is 2. The molecule has 2 aliphatic rings. The Balaban J connectivity index is 1.96. The van der Waals surface area contributed by atoms with Crippen LogP contribution in [0.4, 0.5) is 0 Å². The second kappa shape index (κ2) is 7.13. The summed E-state index contributed by atoms with van der Waals surface area (Å²) in [5.74, 6) is 3.83. The Hall–Kier alpha value is -0.770. The number of carbonyl (C=O) groups excluding carboxylic acids is 1. The maximum atomic E-state index is 12.2. The van der Waals surface area contributed by atoms with Crippen molar-refractivity contribution >= 4 is 23.8 Å². The van der Waals surface area contributed by atoms with E-state index in [1.165, 1.54) is 24.8 Å². The van der Waals surface area contributed by atoms with Gasteiger partial charge in [-0.25, -0.2) is 0 Å². The molecule has 0 saturated carbocycles. The highest BCUT2D eigenvalue weighted by Crippen LogP contribution is 2.38. The summed E-state index contributed by atoms with van der Waals surface area (Å²) < 4.78 is 0. The topological polar surface area (TPSA) is 61.1 Å². The maximum absolute atomic E-state index is 12.2. The van der Waals surface area contributed by atoms with Gasteiger partial charge in [0.1, 0.15) is 0 Å². The number of ketones is 1. The number of unbranched alkanes of at least 4 members (excludes halogenated alkanes) is 1. The average molecular weight is 281 g/mol. The molecule has 3 nitrogen and oxygen atoms in total. The van der Waals surface area contributed by atoms with Crippen LogP contribution in [-0.4, -0.2) is 28.6 Å². The van der Waals surface area contributed by atoms with Crippen molar-refractivity contribution < 1.29 is 9.90 Å². The molecule has 2 unspecified atom stereocenters. The van der Waals surface area contributed by atoms with Gasteiger partial charge in [0.2, 0.25) is 0 Å². The first-order valence-corrected chi connectivity index (χ1v) is 8.38. The molecule has 1 aliphatic carbocycles. The van der Waals surface area contributed by atoms with Crippen LogP contribution in [0.15, 0.2) is 11.3 Å². The fourth-order valence-corrected chi connectivity index (χ4v) is 4.38. The first-order valence-electron chi connectivity index (χ1n) is 7.23. The smallest absolute Gasteiger partial charge is 0.162 e. The Labute approximate surface area is 119 Å². The fourth-order valence-electron chi connectivity index (χ4n) is 3.10. The number of hydrogen-bond donors (Lipinski definition) is 2. The van der Waals surface area contributed by atoms with Crippen molar-refractivity contribution in [2.45, 2.75) is 44.9 Å². The molecule has 0 radical (unpaired) electrons. The van der Waals surface area contributed by atoms with E-state index in [9.17, 15) is 9.90 Å². The van der Waals surface area contributed by atoms with Gasteiger partial charge in [-0.15, -0.1) is 0 Å². The van der Waals surface area contributed by atoms with Gasteiger partial charge >= 0.3 is 0 Å². The summed E-state index contributed by atoms with van der Waals surface area (Å²) in [7, 11) is 0. The normalized spacial score (nSPS) is 28.5. The number of nitrogens with one attached hydrogen (secondary N) is 1. The summed E-state index contributed by atoms with van der Waals surface area (Å²) in [5.41, 5.74) is 0.640. The molecule has 0 bridgehead atoms. The van der Waals surface area contributed by atoms with Crippen LogP contribution in [0.1, 0.15) is 44.9 Å². The predicted molar refractivity (Wildman–Crippen MR) is 80.1 cm³/mol. The van der Waals surface area contributed by atoms with E-state index < -0.39 is 0 Å². The van der Waals surface area contributed by atoms with Gasteiger partial charge in [-0.05, 0) is 61.7 Å². The molecule has 0 aromatic heterocycles. The number of thioether (sulfide) groups is 1. The third kappa shape index (κ3) is 3.85. The van der Waals surface area contributed by atoms with E-state index in [2.05, 4.69) is 0 Å². The number of Topliss-reactive ketones (excluding diaryl/α,β-unsaturated/α-hetero) is 1. The third-order valence-corrected chi connectivity index (χ3v) is 5.47. The highest BCUT2D eigenvalue weighted by atomic mass is 32.2. The van der Waals surface area contributed by atoms with E-state index in [1.807, 2.05) is 11.8 Å². The van der Waals surface area contributed by atoms with E-state index in [-0.39, 0.29) is 5.78 Å². The van der Waals surface area contributed by atoms with E-state index in [0.717, 1.165) is 12.2 Å². The molecule has 2 N–H and O–H groups in total. The van der Waals surface area contributed by atoms with Crippen molar-refractivity contribution in [3.63, 3.8) is 0 Å². The molecule has 19 heavy (non-hydrogen) atoms. The molecular weight excluding hydrogens is 258 g/mol. The Morgan fingerprint density at radius 3 is 2.84 bits per heavy atom. The van der Waals surface area contributed by atoms with Gasteiger partial charge < -0.3 is 10.5 Å². The Morgan fingerprint density at radius 1 is 1.37 bits per heavy atom. The van der Waals surface area contributed by atoms with Crippen LogP contribution in [0.3, 0.4) is 0 Å². The number of aliphatic hydroxyl groups is 1. The first-order chi connectivity index (χ1) is 9.22. The van der Waals surface area contributed by atoms with Gasteiger partial charge in [0.15, 0.2) is 5.78 Å². The minimum Gasteiger partial charge on any atom is -0.512 e. The van der Waals surface area contributed by atoms with Gasteiger partial charge in [0.25, 0.3) is 0 Å². The molecule has 1 saturated heterocycles. The summed E-state index contributed by atoms with van der Waals surface area (Å²) in [5, 5.41) is 17.1. The van der Waals surface area contributed by atoms with Gasteiger partial charge in [-0.3, -0.25) is 4.79 Å². The molecule has 0 amide bonds. The zero-order valence-corrected chi connectivity index (χ0v) is 12.2. The standard InChI is InChI=1S/C15H23NO2S/c16-6-2-1-5-13-14(17)8-12(9-15(13)18)11-4-3-7-19-10-11/h6,11-12,16-17H,1-5,7-10H2. The highest BCUT2D eigenvalue weighted by Gasteiger charge is 2.32. The molecule has 1 fully saturated rings. The molecule has 1 aliphatic heterocycles. The van der Waals surface area contributed by atoms with Gasteiger partial charge in [0, 0.05) is 18.4 Å². The number of aliphatic hydroxyl groups excluding tert-OH is 1. The molecule has 1 heterocycles. The zero-order chi connectivity index (χ0) is 13.7. The largest absolute Gasteiger partial charge is 0.512 e. The SMILES string of the molecule is N=CCCCC1=C(O)CC(C2CCCSC2)CC1=O. The van der Waals surface area contributed by atoms with Crippen LogP contribution in [0.25, 0.3) is 0 Å². The van der Waals surface area contributed by atoms with Gasteiger partial charge in [0.05, 0.1) is 5.76 Å². The van der Waals surface area contributed by atoms with E-state index >= 15 is 0 Å². The van der Waals surface area contributed by atoms with Crippen molar-refractivity contribution in [1.82, 2.24) is 0 Å². The molecule has 106 valence electrons. The van der Waals surface area contributed by atoms with Crippen molar-refractivity contribution in [2.24, 2.45) is 11.8 Å². The number of rotatable bonds is 5. The molecule has 0 aromatic carbocycles. The summed E-state index contributed by atoms with van der Waals surface area (Å²) >= 11 is 1.98. The van der Waals surface area contributed by atoms with Crippen molar-refractivity contribution in [1.29, 1.82) is 5.41 Å². The summed E-state index contributed by atoms with van der Waals surface area (Å²) in [6.45, 7) is 0. The van der Waals surface area contributed by atoms with Crippen molar-refractivity contribution in [2.75, 3.05) is 11.5 Å². The first kappa shape index (κ1) is 14.6. The maximum Gasteiger partial charge on any atom is 0.162 e. The Morgan fingerprint density at radius 2 is 2.21 bits per heavy atom. The lowest BCUT2D eigenvalue weighted by Gasteiger charge is -2.32. The lowest BCUT2D eigenvalue weighted by molar-refractivity contribution is -0.118. The monoisotopic (exact) mass is 281 g/mol. The molecular formula is C15H23NO2S. The molecule has 0 aromatic rings.